The van der Waals surface area contributed by atoms with E-state index in [0.717, 1.165) is 11.1 Å². The molecule has 3 aromatic rings. The Morgan fingerprint density at radius 1 is 1.14 bits per heavy atom. The van der Waals surface area contributed by atoms with E-state index in [2.05, 4.69) is 15.3 Å². The normalized spacial score (nSPS) is 16.1. The Hall–Kier alpha value is -3.80. The molecular weight excluding hydrogens is 492 g/mol. The topological polar surface area (TPSA) is 122 Å². The lowest BCUT2D eigenvalue weighted by Gasteiger charge is -2.22. The van der Waals surface area contributed by atoms with Gasteiger partial charge in [-0.3, -0.25) is 9.78 Å². The maximum Gasteiger partial charge on any atom is 0.346 e. The van der Waals surface area contributed by atoms with E-state index in [-0.39, 0.29) is 30.7 Å². The van der Waals surface area contributed by atoms with Crippen LogP contribution in [-0.4, -0.2) is 72.7 Å². The maximum atomic E-state index is 13.1. The lowest BCUT2D eigenvalue weighted by molar-refractivity contribution is -0.0209. The van der Waals surface area contributed by atoms with E-state index >= 15 is 0 Å². The van der Waals surface area contributed by atoms with E-state index in [1.54, 1.807) is 34.0 Å². The van der Waals surface area contributed by atoms with Gasteiger partial charge in [-0.15, -0.1) is 11.3 Å². The first-order valence-electron chi connectivity index (χ1n) is 11.8. The van der Waals surface area contributed by atoms with E-state index in [1.165, 1.54) is 11.3 Å². The fourth-order valence-corrected chi connectivity index (χ4v) is 4.23. The highest BCUT2D eigenvalue weighted by Crippen LogP contribution is 2.23. The number of hydrogen-bond acceptors (Lipinski definition) is 8. The Balaban J connectivity index is 1.38. The number of hydrogen-bond donors (Lipinski definition) is 2. The molecule has 0 aliphatic carbocycles. The molecule has 4 rings (SSSR count). The molecular formula is C26H30N6O4S. The lowest BCUT2D eigenvalue weighted by atomic mass is 10.1. The number of pyridine rings is 1. The summed E-state index contributed by atoms with van der Waals surface area (Å²) in [5.41, 5.74) is 9.00. The number of benzene rings is 1. The van der Waals surface area contributed by atoms with Crippen LogP contribution in [0, 0.1) is 0 Å². The number of nitrogens with zero attached hydrogens (tertiary/aromatic N) is 4. The van der Waals surface area contributed by atoms with Gasteiger partial charge in [-0.25, -0.2) is 4.79 Å². The fraction of sp³-hybridized carbons (Fsp3) is 0.308. The van der Waals surface area contributed by atoms with Crippen LogP contribution in [0.2, 0.25) is 0 Å². The van der Waals surface area contributed by atoms with Crippen molar-refractivity contribution in [1.82, 2.24) is 14.8 Å². The minimum absolute atomic E-state index is 0.144. The second kappa shape index (κ2) is 12.4. The van der Waals surface area contributed by atoms with Crippen LogP contribution in [0.5, 0.6) is 0 Å². The molecule has 1 aliphatic rings. The Morgan fingerprint density at radius 2 is 1.95 bits per heavy atom. The summed E-state index contributed by atoms with van der Waals surface area (Å²) in [4.78, 5) is 37.6. The largest absolute Gasteiger partial charge is 0.449 e. The molecule has 10 nitrogen and oxygen atoms in total. The zero-order chi connectivity index (χ0) is 26.2. The summed E-state index contributed by atoms with van der Waals surface area (Å²) in [6, 6.07) is 12.8. The van der Waals surface area contributed by atoms with Gasteiger partial charge in [-0.2, -0.15) is 4.99 Å². The van der Waals surface area contributed by atoms with Crippen molar-refractivity contribution in [2.75, 3.05) is 44.8 Å². The Bertz CT molecular complexity index is 1230. The van der Waals surface area contributed by atoms with Crippen molar-refractivity contribution < 1.29 is 19.1 Å². The number of amides is 3. The molecule has 0 bridgehead atoms. The van der Waals surface area contributed by atoms with Crippen molar-refractivity contribution in [1.29, 1.82) is 0 Å². The van der Waals surface area contributed by atoms with Gasteiger partial charge in [-0.1, -0.05) is 36.4 Å². The van der Waals surface area contributed by atoms with Gasteiger partial charge in [0.05, 0.1) is 11.4 Å². The van der Waals surface area contributed by atoms with Crippen LogP contribution in [0.25, 0.3) is 0 Å². The fourth-order valence-electron chi connectivity index (χ4n) is 3.56. The van der Waals surface area contributed by atoms with Crippen LogP contribution in [0.3, 0.4) is 0 Å². The number of nitrogens with two attached hydrogens (primary N) is 1. The van der Waals surface area contributed by atoms with Crippen LogP contribution in [0.4, 0.5) is 16.2 Å². The molecule has 0 spiro atoms. The monoisotopic (exact) mass is 522 g/mol. The number of nitrogens with one attached hydrogen (secondary N) is 1. The van der Waals surface area contributed by atoms with Gasteiger partial charge in [0.2, 0.25) is 12.2 Å². The maximum absolute atomic E-state index is 13.1. The summed E-state index contributed by atoms with van der Waals surface area (Å²) in [5.74, 6) is -0.0920. The molecule has 3 amide bonds. The average Bonchev–Trinajstić information content (AvgIpc) is 3.50. The molecule has 1 aromatic carbocycles. The second-order valence-electron chi connectivity index (χ2n) is 8.81. The number of ether oxygens (including phenoxy) is 2. The minimum Gasteiger partial charge on any atom is -0.449 e. The van der Waals surface area contributed by atoms with Gasteiger partial charge in [0.25, 0.3) is 5.91 Å². The third-order valence-corrected chi connectivity index (χ3v) is 6.35. The zero-order valence-corrected chi connectivity index (χ0v) is 21.6. The summed E-state index contributed by atoms with van der Waals surface area (Å²) < 4.78 is 11.4. The molecule has 0 saturated carbocycles. The first kappa shape index (κ1) is 26.3. The van der Waals surface area contributed by atoms with Crippen molar-refractivity contribution in [2.24, 2.45) is 4.99 Å². The first-order chi connectivity index (χ1) is 17.9. The number of thiophene rings is 1. The van der Waals surface area contributed by atoms with Crippen molar-refractivity contribution >= 4 is 40.5 Å². The Morgan fingerprint density at radius 3 is 2.62 bits per heavy atom. The first-order valence-corrected chi connectivity index (χ1v) is 12.7. The smallest absolute Gasteiger partial charge is 0.346 e. The standard InChI is InChI=1S/C26H30N6O4S/c1-31(2)10-11-32(26(34)30-23-15-35-24(36-23)12-18-6-4-3-5-7-18)14-19-8-9-21(28-13-19)25(33)29-22-17-37-16-20(22)27/h3-9,13,16-17,24H,10-12,14-15,27H2,1-2H3,(H,29,33). The number of carbonyl (C=O) groups is 2. The molecule has 3 heterocycles. The van der Waals surface area contributed by atoms with Crippen molar-refractivity contribution in [3.05, 3.63) is 76.2 Å². The Labute approximate surface area is 219 Å². The molecule has 1 fully saturated rings. The van der Waals surface area contributed by atoms with Crippen LogP contribution >= 0.6 is 11.3 Å². The van der Waals surface area contributed by atoms with Crippen molar-refractivity contribution in [3.8, 4) is 0 Å². The number of aromatic nitrogens is 1. The number of nitrogen functional groups attached to an aromatic ring is 1. The highest BCUT2D eigenvalue weighted by atomic mass is 32.1. The van der Waals surface area contributed by atoms with Gasteiger partial charge in [0.15, 0.2) is 0 Å². The number of aliphatic imine (C=N–C) groups is 1. The van der Waals surface area contributed by atoms with Crippen LogP contribution in [0.15, 0.2) is 64.4 Å². The number of rotatable bonds is 9. The van der Waals surface area contributed by atoms with Gasteiger partial charge < -0.3 is 30.3 Å². The molecule has 2 aromatic heterocycles. The zero-order valence-electron chi connectivity index (χ0n) is 20.8. The van der Waals surface area contributed by atoms with Crippen molar-refractivity contribution in [3.63, 3.8) is 0 Å². The lowest BCUT2D eigenvalue weighted by Crippen LogP contribution is -2.35. The second-order valence-corrected chi connectivity index (χ2v) is 9.55. The van der Waals surface area contributed by atoms with Gasteiger partial charge in [0, 0.05) is 43.0 Å². The molecule has 1 saturated heterocycles. The van der Waals surface area contributed by atoms with E-state index in [4.69, 9.17) is 15.2 Å². The molecule has 1 atom stereocenters. The highest BCUT2D eigenvalue weighted by Gasteiger charge is 2.25. The number of carbonyl (C=O) groups excluding carboxylic acids is 2. The quantitative estimate of drug-likeness (QED) is 0.441. The molecule has 3 N–H and O–H groups in total. The van der Waals surface area contributed by atoms with Gasteiger partial charge in [0.1, 0.15) is 12.3 Å². The molecule has 0 radical (unpaired) electrons. The summed E-state index contributed by atoms with van der Waals surface area (Å²) >= 11 is 1.40. The summed E-state index contributed by atoms with van der Waals surface area (Å²) in [6.45, 7) is 1.53. The van der Waals surface area contributed by atoms with E-state index in [0.29, 0.717) is 30.9 Å². The number of urea groups is 1. The summed E-state index contributed by atoms with van der Waals surface area (Å²) in [7, 11) is 3.87. The predicted molar refractivity (Wildman–Crippen MR) is 144 cm³/mol. The molecule has 11 heteroatoms. The van der Waals surface area contributed by atoms with E-state index in [9.17, 15) is 9.59 Å². The Kier molecular flexibility index (Phi) is 8.83. The van der Waals surface area contributed by atoms with E-state index in [1.807, 2.05) is 49.3 Å². The van der Waals surface area contributed by atoms with Crippen LogP contribution < -0.4 is 11.1 Å². The van der Waals surface area contributed by atoms with Gasteiger partial charge >= 0.3 is 6.03 Å². The number of anilines is 2. The van der Waals surface area contributed by atoms with Crippen LogP contribution in [0.1, 0.15) is 21.6 Å². The third kappa shape index (κ3) is 7.59. The average molecular weight is 523 g/mol. The van der Waals surface area contributed by atoms with Crippen LogP contribution in [-0.2, 0) is 22.4 Å². The predicted octanol–water partition coefficient (Wildman–Crippen LogP) is 3.48. The third-order valence-electron chi connectivity index (χ3n) is 5.58. The van der Waals surface area contributed by atoms with Crippen molar-refractivity contribution in [2.45, 2.75) is 19.3 Å². The molecule has 1 aliphatic heterocycles. The number of likely N-dealkylation sites (N-methyl/N-ethyl adjacent to an activating group) is 1. The van der Waals surface area contributed by atoms with E-state index < -0.39 is 12.3 Å². The molecule has 194 valence electrons. The summed E-state index contributed by atoms with van der Waals surface area (Å²) in [5, 5.41) is 6.26. The SMILES string of the molecule is CN(C)CCN(Cc1ccc(C(=O)Nc2cscc2N)nc1)C(=O)N=C1COC(Cc2ccccc2)O1. The minimum atomic E-state index is -0.475. The molecule has 1 unspecified atom stereocenters. The van der Waals surface area contributed by atoms with Gasteiger partial charge in [-0.05, 0) is 31.3 Å². The summed E-state index contributed by atoms with van der Waals surface area (Å²) in [6.07, 6.45) is 1.68. The highest BCUT2D eigenvalue weighted by molar-refractivity contribution is 7.09. The molecule has 37 heavy (non-hydrogen) atoms.